The van der Waals surface area contributed by atoms with Gasteiger partial charge in [-0.15, -0.1) is 0 Å². The number of hydrogen-bond acceptors (Lipinski definition) is 6. The Hall–Kier alpha value is -3.28. The number of carbonyl (C=O) groups is 2. The molecule has 0 saturated heterocycles. The van der Waals surface area contributed by atoms with Gasteiger partial charge < -0.3 is 20.1 Å². The summed E-state index contributed by atoms with van der Waals surface area (Å²) in [6.45, 7) is 0. The summed E-state index contributed by atoms with van der Waals surface area (Å²) in [5, 5.41) is 5.81. The second kappa shape index (κ2) is 8.38. The van der Waals surface area contributed by atoms with Crippen LogP contribution in [-0.2, 0) is 19.1 Å². The summed E-state index contributed by atoms with van der Waals surface area (Å²) in [7, 11) is 2.48. The Labute approximate surface area is 140 Å². The summed E-state index contributed by atoms with van der Waals surface area (Å²) < 4.78 is 9.58. The zero-order chi connectivity index (χ0) is 17.4. The van der Waals surface area contributed by atoms with Gasteiger partial charge in [0, 0.05) is 11.4 Å². The Kier molecular flexibility index (Phi) is 5.96. The number of carbonyl (C=O) groups excluding carboxylic acids is 2. The fourth-order valence-corrected chi connectivity index (χ4v) is 1.97. The van der Waals surface area contributed by atoms with Gasteiger partial charge in [-0.05, 0) is 24.3 Å². The highest BCUT2D eigenvalue weighted by atomic mass is 16.5. The molecule has 2 aromatic carbocycles. The maximum atomic E-state index is 12.2. The van der Waals surface area contributed by atoms with E-state index in [1.165, 1.54) is 14.2 Å². The number of anilines is 2. The van der Waals surface area contributed by atoms with Crippen molar-refractivity contribution in [2.24, 2.45) is 0 Å². The molecule has 0 atom stereocenters. The first kappa shape index (κ1) is 17.1. The molecule has 0 spiro atoms. The largest absolute Gasteiger partial charge is 0.464 e. The quantitative estimate of drug-likeness (QED) is 0.628. The van der Waals surface area contributed by atoms with Crippen molar-refractivity contribution in [3.63, 3.8) is 0 Å². The van der Waals surface area contributed by atoms with Crippen LogP contribution in [0.3, 0.4) is 0 Å². The van der Waals surface area contributed by atoms with Gasteiger partial charge in [-0.25, -0.2) is 9.59 Å². The molecule has 2 aromatic rings. The van der Waals surface area contributed by atoms with Crippen molar-refractivity contribution in [2.45, 2.75) is 0 Å². The molecule has 0 heterocycles. The van der Waals surface area contributed by atoms with E-state index in [1.54, 1.807) is 48.5 Å². The Morgan fingerprint density at radius 1 is 0.667 bits per heavy atom. The summed E-state index contributed by atoms with van der Waals surface area (Å²) in [6.07, 6.45) is 0. The van der Waals surface area contributed by atoms with E-state index >= 15 is 0 Å². The van der Waals surface area contributed by atoms with E-state index in [1.807, 2.05) is 12.1 Å². The van der Waals surface area contributed by atoms with Crippen LogP contribution in [0.25, 0.3) is 0 Å². The van der Waals surface area contributed by atoms with Crippen molar-refractivity contribution in [3.05, 3.63) is 72.1 Å². The van der Waals surface area contributed by atoms with E-state index in [9.17, 15) is 9.59 Å². The number of rotatable bonds is 6. The minimum Gasteiger partial charge on any atom is -0.464 e. The molecule has 0 amide bonds. The van der Waals surface area contributed by atoms with Gasteiger partial charge in [0.05, 0.1) is 14.2 Å². The van der Waals surface area contributed by atoms with Crippen molar-refractivity contribution < 1.29 is 19.1 Å². The number of para-hydroxylation sites is 2. The van der Waals surface area contributed by atoms with Crippen molar-refractivity contribution >= 4 is 23.3 Å². The Bertz CT molecular complexity index is 664. The molecule has 0 bridgehead atoms. The summed E-state index contributed by atoms with van der Waals surface area (Å²) in [4.78, 5) is 24.4. The van der Waals surface area contributed by atoms with Crippen LogP contribution in [0.4, 0.5) is 11.4 Å². The third-order valence-corrected chi connectivity index (χ3v) is 3.12. The van der Waals surface area contributed by atoms with Crippen LogP contribution in [0.5, 0.6) is 0 Å². The number of esters is 2. The smallest absolute Gasteiger partial charge is 0.356 e. The molecule has 2 rings (SSSR count). The molecule has 0 aliphatic rings. The van der Waals surface area contributed by atoms with E-state index in [0.717, 1.165) is 0 Å². The molecular formula is C18H18N2O4. The second-order valence-electron chi connectivity index (χ2n) is 4.72. The number of nitrogens with one attached hydrogen (secondary N) is 2. The third-order valence-electron chi connectivity index (χ3n) is 3.12. The lowest BCUT2D eigenvalue weighted by atomic mass is 10.2. The van der Waals surface area contributed by atoms with Gasteiger partial charge in [-0.2, -0.15) is 0 Å². The molecule has 124 valence electrons. The predicted molar refractivity (Wildman–Crippen MR) is 91.2 cm³/mol. The van der Waals surface area contributed by atoms with Crippen LogP contribution in [0.1, 0.15) is 0 Å². The summed E-state index contributed by atoms with van der Waals surface area (Å²) >= 11 is 0. The van der Waals surface area contributed by atoms with Gasteiger partial charge in [-0.1, -0.05) is 36.4 Å². The zero-order valence-corrected chi connectivity index (χ0v) is 13.4. The predicted octanol–water partition coefficient (Wildman–Crippen LogP) is 2.77. The molecule has 0 unspecified atom stereocenters. The van der Waals surface area contributed by atoms with Crippen molar-refractivity contribution in [1.29, 1.82) is 0 Å². The number of benzene rings is 2. The number of hydrogen-bond donors (Lipinski definition) is 2. The van der Waals surface area contributed by atoms with E-state index in [4.69, 9.17) is 9.47 Å². The van der Waals surface area contributed by atoms with Crippen LogP contribution < -0.4 is 10.6 Å². The van der Waals surface area contributed by atoms with Gasteiger partial charge in [0.1, 0.15) is 0 Å². The SMILES string of the molecule is COC(=O)C(Nc1ccccc1)=C(Nc1ccccc1)C(=O)OC. The van der Waals surface area contributed by atoms with Crippen molar-refractivity contribution in [2.75, 3.05) is 24.9 Å². The minimum absolute atomic E-state index is 0.0422. The minimum atomic E-state index is -0.692. The maximum absolute atomic E-state index is 12.2. The average Bonchev–Trinajstić information content (AvgIpc) is 2.65. The van der Waals surface area contributed by atoms with E-state index < -0.39 is 11.9 Å². The fraction of sp³-hybridized carbons (Fsp3) is 0.111. The summed E-state index contributed by atoms with van der Waals surface area (Å²) in [5.41, 5.74) is 1.18. The maximum Gasteiger partial charge on any atom is 0.356 e. The highest BCUT2D eigenvalue weighted by Crippen LogP contribution is 2.17. The lowest BCUT2D eigenvalue weighted by Crippen LogP contribution is -2.24. The van der Waals surface area contributed by atoms with Gasteiger partial charge in [0.2, 0.25) is 0 Å². The fourth-order valence-electron chi connectivity index (χ4n) is 1.97. The highest BCUT2D eigenvalue weighted by Gasteiger charge is 2.23. The van der Waals surface area contributed by atoms with Crippen LogP contribution >= 0.6 is 0 Å². The summed E-state index contributed by atoms with van der Waals surface area (Å²) in [6, 6.07) is 18.0. The Morgan fingerprint density at radius 2 is 1.00 bits per heavy atom. The van der Waals surface area contributed by atoms with Gasteiger partial charge in [0.15, 0.2) is 11.4 Å². The van der Waals surface area contributed by atoms with Crippen LogP contribution in [0, 0.1) is 0 Å². The first-order valence-corrected chi connectivity index (χ1v) is 7.20. The van der Waals surface area contributed by atoms with Gasteiger partial charge in [0.25, 0.3) is 0 Å². The molecule has 6 heteroatoms. The van der Waals surface area contributed by atoms with Gasteiger partial charge >= 0.3 is 11.9 Å². The normalized spacial score (nSPS) is 11.1. The van der Waals surface area contributed by atoms with Crippen molar-refractivity contribution in [1.82, 2.24) is 0 Å². The first-order chi connectivity index (χ1) is 11.7. The number of methoxy groups -OCH3 is 2. The lowest BCUT2D eigenvalue weighted by Gasteiger charge is -2.16. The van der Waals surface area contributed by atoms with E-state index in [-0.39, 0.29) is 11.4 Å². The Balaban J connectivity index is 2.46. The van der Waals surface area contributed by atoms with E-state index in [2.05, 4.69) is 10.6 Å². The number of ether oxygens (including phenoxy) is 2. The molecular weight excluding hydrogens is 308 g/mol. The van der Waals surface area contributed by atoms with Crippen LogP contribution in [0.2, 0.25) is 0 Å². The average molecular weight is 326 g/mol. The molecule has 6 nitrogen and oxygen atoms in total. The standard InChI is InChI=1S/C18H18N2O4/c1-23-17(21)15(19-13-9-5-3-6-10-13)16(18(22)24-2)20-14-11-7-4-8-12-14/h3-12,19-20H,1-2H3. The topological polar surface area (TPSA) is 76.7 Å². The monoisotopic (exact) mass is 326 g/mol. The molecule has 0 radical (unpaired) electrons. The lowest BCUT2D eigenvalue weighted by molar-refractivity contribution is -0.139. The molecule has 0 saturated carbocycles. The van der Waals surface area contributed by atoms with Crippen molar-refractivity contribution in [3.8, 4) is 0 Å². The molecule has 0 fully saturated rings. The third kappa shape index (κ3) is 4.36. The Morgan fingerprint density at radius 3 is 1.29 bits per heavy atom. The van der Waals surface area contributed by atoms with Gasteiger partial charge in [-0.3, -0.25) is 0 Å². The zero-order valence-electron chi connectivity index (χ0n) is 13.4. The highest BCUT2D eigenvalue weighted by molar-refractivity contribution is 6.04. The van der Waals surface area contributed by atoms with Crippen LogP contribution in [-0.4, -0.2) is 26.2 Å². The first-order valence-electron chi connectivity index (χ1n) is 7.20. The molecule has 0 aliphatic carbocycles. The molecule has 2 N–H and O–H groups in total. The molecule has 24 heavy (non-hydrogen) atoms. The van der Waals surface area contributed by atoms with E-state index in [0.29, 0.717) is 11.4 Å². The summed E-state index contributed by atoms with van der Waals surface area (Å²) in [5.74, 6) is -1.38. The molecule has 0 aliphatic heterocycles. The second-order valence-corrected chi connectivity index (χ2v) is 4.72. The molecule has 0 aromatic heterocycles. The van der Waals surface area contributed by atoms with Crippen LogP contribution in [0.15, 0.2) is 72.1 Å².